The number of likely N-dealkylation sites (tertiary alicyclic amines) is 1. The standard InChI is InChI=1S/C12H24N2O/c1-9(2)12(3,4)8-14-7-6-10(13-5)11(14)15/h9-10,13H,6-8H2,1-5H3. The molecule has 1 heterocycles. The fourth-order valence-corrected chi connectivity index (χ4v) is 1.84. The Morgan fingerprint density at radius 2 is 2.13 bits per heavy atom. The van der Waals surface area contributed by atoms with E-state index in [9.17, 15) is 4.79 Å². The summed E-state index contributed by atoms with van der Waals surface area (Å²) in [5, 5.41) is 3.07. The van der Waals surface area contributed by atoms with Crippen molar-refractivity contribution in [3.63, 3.8) is 0 Å². The van der Waals surface area contributed by atoms with Crippen LogP contribution in [0.4, 0.5) is 0 Å². The zero-order valence-corrected chi connectivity index (χ0v) is 10.6. The van der Waals surface area contributed by atoms with Gasteiger partial charge in [-0.25, -0.2) is 0 Å². The van der Waals surface area contributed by atoms with Crippen molar-refractivity contribution >= 4 is 5.91 Å². The number of amides is 1. The van der Waals surface area contributed by atoms with E-state index in [-0.39, 0.29) is 17.4 Å². The zero-order chi connectivity index (χ0) is 11.6. The number of nitrogens with zero attached hydrogens (tertiary/aromatic N) is 1. The number of likely N-dealkylation sites (N-methyl/N-ethyl adjacent to an activating group) is 1. The average molecular weight is 212 g/mol. The van der Waals surface area contributed by atoms with Crippen LogP contribution in [0, 0.1) is 11.3 Å². The molecule has 1 atom stereocenters. The van der Waals surface area contributed by atoms with Gasteiger partial charge in [0.2, 0.25) is 5.91 Å². The molecule has 0 spiro atoms. The molecule has 3 heteroatoms. The minimum atomic E-state index is 0.0490. The van der Waals surface area contributed by atoms with Gasteiger partial charge in [0, 0.05) is 13.1 Å². The van der Waals surface area contributed by atoms with E-state index in [0.29, 0.717) is 5.92 Å². The fourth-order valence-electron chi connectivity index (χ4n) is 1.84. The molecule has 88 valence electrons. The number of hydrogen-bond acceptors (Lipinski definition) is 2. The van der Waals surface area contributed by atoms with E-state index < -0.39 is 0 Å². The molecule has 1 aliphatic heterocycles. The smallest absolute Gasteiger partial charge is 0.239 e. The van der Waals surface area contributed by atoms with Gasteiger partial charge in [-0.3, -0.25) is 4.79 Å². The molecule has 0 radical (unpaired) electrons. The molecule has 1 rings (SSSR count). The van der Waals surface area contributed by atoms with Crippen molar-refractivity contribution in [2.45, 2.75) is 40.2 Å². The van der Waals surface area contributed by atoms with E-state index in [1.165, 1.54) is 0 Å². The maximum atomic E-state index is 11.9. The maximum Gasteiger partial charge on any atom is 0.239 e. The number of carbonyl (C=O) groups excluding carboxylic acids is 1. The summed E-state index contributed by atoms with van der Waals surface area (Å²) in [5.41, 5.74) is 0.207. The van der Waals surface area contributed by atoms with Crippen LogP contribution in [0.15, 0.2) is 0 Å². The second-order valence-electron chi connectivity index (χ2n) is 5.53. The Bertz CT molecular complexity index is 236. The number of hydrogen-bond donors (Lipinski definition) is 1. The van der Waals surface area contributed by atoms with Gasteiger partial charge in [0.25, 0.3) is 0 Å². The summed E-state index contributed by atoms with van der Waals surface area (Å²) in [6.45, 7) is 10.7. The average Bonchev–Trinajstić information content (AvgIpc) is 2.47. The van der Waals surface area contributed by atoms with Crippen molar-refractivity contribution < 1.29 is 4.79 Å². The zero-order valence-electron chi connectivity index (χ0n) is 10.6. The van der Waals surface area contributed by atoms with Crippen molar-refractivity contribution in [3.05, 3.63) is 0 Å². The normalized spacial score (nSPS) is 22.9. The quantitative estimate of drug-likeness (QED) is 0.765. The molecule has 3 nitrogen and oxygen atoms in total. The summed E-state index contributed by atoms with van der Waals surface area (Å²) in [6, 6.07) is 0.0490. The van der Waals surface area contributed by atoms with Gasteiger partial charge in [-0.1, -0.05) is 27.7 Å². The second-order valence-corrected chi connectivity index (χ2v) is 5.53. The molecule has 0 aromatic carbocycles. The van der Waals surface area contributed by atoms with Crippen LogP contribution in [-0.4, -0.2) is 37.0 Å². The van der Waals surface area contributed by atoms with Crippen molar-refractivity contribution in [1.29, 1.82) is 0 Å². The Morgan fingerprint density at radius 3 is 2.53 bits per heavy atom. The third kappa shape index (κ3) is 2.71. The van der Waals surface area contributed by atoms with Gasteiger partial charge in [0.15, 0.2) is 0 Å². The molecule has 1 amide bonds. The summed E-state index contributed by atoms with van der Waals surface area (Å²) in [7, 11) is 1.86. The third-order valence-electron chi connectivity index (χ3n) is 3.81. The lowest BCUT2D eigenvalue weighted by Crippen LogP contribution is -2.42. The molecule has 0 aromatic heterocycles. The Morgan fingerprint density at radius 1 is 1.53 bits per heavy atom. The minimum Gasteiger partial charge on any atom is -0.341 e. The topological polar surface area (TPSA) is 32.3 Å². The Labute approximate surface area is 93.2 Å². The highest BCUT2D eigenvalue weighted by atomic mass is 16.2. The van der Waals surface area contributed by atoms with Crippen LogP contribution < -0.4 is 5.32 Å². The number of carbonyl (C=O) groups is 1. The van der Waals surface area contributed by atoms with Crippen molar-refractivity contribution in [2.24, 2.45) is 11.3 Å². The summed E-state index contributed by atoms with van der Waals surface area (Å²) >= 11 is 0. The molecule has 1 fully saturated rings. The SMILES string of the molecule is CNC1CCN(CC(C)(C)C(C)C)C1=O. The van der Waals surface area contributed by atoms with Crippen molar-refractivity contribution in [3.8, 4) is 0 Å². The first kappa shape index (κ1) is 12.5. The molecule has 15 heavy (non-hydrogen) atoms. The number of rotatable bonds is 4. The lowest BCUT2D eigenvalue weighted by molar-refractivity contribution is -0.130. The summed E-state index contributed by atoms with van der Waals surface area (Å²) in [4.78, 5) is 13.9. The predicted octanol–water partition coefficient (Wildman–Crippen LogP) is 1.49. The largest absolute Gasteiger partial charge is 0.341 e. The van der Waals surface area contributed by atoms with Gasteiger partial charge in [-0.15, -0.1) is 0 Å². The van der Waals surface area contributed by atoms with Crippen LogP contribution in [-0.2, 0) is 4.79 Å². The molecule has 1 saturated heterocycles. The fraction of sp³-hybridized carbons (Fsp3) is 0.917. The molecule has 1 N–H and O–H groups in total. The predicted molar refractivity (Wildman–Crippen MR) is 62.7 cm³/mol. The van der Waals surface area contributed by atoms with Gasteiger partial charge < -0.3 is 10.2 Å². The van der Waals surface area contributed by atoms with Crippen LogP contribution in [0.25, 0.3) is 0 Å². The molecule has 0 saturated carbocycles. The molecule has 0 aliphatic carbocycles. The van der Waals surface area contributed by atoms with Gasteiger partial charge in [0.1, 0.15) is 0 Å². The van der Waals surface area contributed by atoms with Crippen LogP contribution in [0.3, 0.4) is 0 Å². The first-order valence-corrected chi connectivity index (χ1v) is 5.84. The van der Waals surface area contributed by atoms with Gasteiger partial charge in [-0.2, -0.15) is 0 Å². The highest BCUT2D eigenvalue weighted by molar-refractivity contribution is 5.83. The van der Waals surface area contributed by atoms with E-state index in [0.717, 1.165) is 19.5 Å². The molecular weight excluding hydrogens is 188 g/mol. The minimum absolute atomic E-state index is 0.0490. The van der Waals surface area contributed by atoms with Crippen LogP contribution in [0.1, 0.15) is 34.1 Å². The summed E-state index contributed by atoms with van der Waals surface area (Å²) < 4.78 is 0. The summed E-state index contributed by atoms with van der Waals surface area (Å²) in [5.74, 6) is 0.866. The lowest BCUT2D eigenvalue weighted by atomic mass is 9.81. The van der Waals surface area contributed by atoms with E-state index >= 15 is 0 Å². The van der Waals surface area contributed by atoms with Gasteiger partial charge in [-0.05, 0) is 24.8 Å². The molecular formula is C12H24N2O. The van der Waals surface area contributed by atoms with Gasteiger partial charge in [0.05, 0.1) is 6.04 Å². The van der Waals surface area contributed by atoms with Crippen LogP contribution >= 0.6 is 0 Å². The highest BCUT2D eigenvalue weighted by Crippen LogP contribution is 2.28. The molecule has 0 bridgehead atoms. The molecule has 1 aliphatic rings. The Hall–Kier alpha value is -0.570. The van der Waals surface area contributed by atoms with Crippen LogP contribution in [0.2, 0.25) is 0 Å². The number of nitrogens with one attached hydrogen (secondary N) is 1. The Kier molecular flexibility index (Phi) is 3.77. The monoisotopic (exact) mass is 212 g/mol. The first-order chi connectivity index (χ1) is 6.88. The van der Waals surface area contributed by atoms with Gasteiger partial charge >= 0.3 is 0 Å². The molecule has 1 unspecified atom stereocenters. The molecule has 0 aromatic rings. The van der Waals surface area contributed by atoms with E-state index in [2.05, 4.69) is 33.0 Å². The van der Waals surface area contributed by atoms with Crippen molar-refractivity contribution in [2.75, 3.05) is 20.1 Å². The van der Waals surface area contributed by atoms with Crippen molar-refractivity contribution in [1.82, 2.24) is 10.2 Å². The lowest BCUT2D eigenvalue weighted by Gasteiger charge is -2.33. The van der Waals surface area contributed by atoms with E-state index in [1.807, 2.05) is 11.9 Å². The third-order valence-corrected chi connectivity index (χ3v) is 3.81. The van der Waals surface area contributed by atoms with E-state index in [4.69, 9.17) is 0 Å². The Balaban J connectivity index is 2.57. The highest BCUT2D eigenvalue weighted by Gasteiger charge is 2.34. The first-order valence-electron chi connectivity index (χ1n) is 5.84. The second kappa shape index (κ2) is 4.52. The van der Waals surface area contributed by atoms with E-state index in [1.54, 1.807) is 0 Å². The maximum absolute atomic E-state index is 11.9. The summed E-state index contributed by atoms with van der Waals surface area (Å²) in [6.07, 6.45) is 0.948. The van der Waals surface area contributed by atoms with Crippen LogP contribution in [0.5, 0.6) is 0 Å².